The van der Waals surface area contributed by atoms with Gasteiger partial charge >= 0.3 is 5.97 Å². The van der Waals surface area contributed by atoms with Crippen molar-refractivity contribution in [2.75, 3.05) is 6.61 Å². The minimum atomic E-state index is -0.628. The lowest BCUT2D eigenvalue weighted by atomic mass is 10.3. The van der Waals surface area contributed by atoms with Gasteiger partial charge in [-0.3, -0.25) is 0 Å². The molecule has 0 aliphatic heterocycles. The van der Waals surface area contributed by atoms with Gasteiger partial charge in [0.2, 0.25) is 0 Å². The topological polar surface area (TPSA) is 88.5 Å². The first-order chi connectivity index (χ1) is 5.26. The molecule has 0 aliphatic carbocycles. The minimum Gasteiger partial charge on any atom is -0.461 e. The highest BCUT2D eigenvalue weighted by Crippen LogP contribution is 1.88. The van der Waals surface area contributed by atoms with Crippen LogP contribution >= 0.6 is 0 Å². The lowest BCUT2D eigenvalue weighted by molar-refractivity contribution is -0.135. The van der Waals surface area contributed by atoms with Crippen LogP contribution in [-0.2, 0) is 9.53 Å². The highest BCUT2D eigenvalue weighted by atomic mass is 16.5. The molecule has 60 valence electrons. The fraction of sp³-hybridized carbons (Fsp3) is 0.500. The summed E-state index contributed by atoms with van der Waals surface area (Å²) < 4.78 is 4.55. The van der Waals surface area contributed by atoms with Crippen molar-refractivity contribution >= 4 is 11.7 Å². The Balaban J connectivity index is 4.07. The number of hydrogen-bond acceptors (Lipinski definition) is 5. The third-order valence-electron chi connectivity index (χ3n) is 0.913. The Kier molecular flexibility index (Phi) is 4.49. The van der Waals surface area contributed by atoms with E-state index in [0.29, 0.717) is 0 Å². The van der Waals surface area contributed by atoms with Gasteiger partial charge in [-0.25, -0.2) is 4.79 Å². The maximum Gasteiger partial charge on any atom is 0.355 e. The molecule has 11 heavy (non-hydrogen) atoms. The fourth-order valence-electron chi connectivity index (χ4n) is 0.460. The quantitative estimate of drug-likeness (QED) is 0.264. The van der Waals surface area contributed by atoms with E-state index in [1.54, 1.807) is 13.0 Å². The van der Waals surface area contributed by atoms with E-state index in [0.717, 1.165) is 0 Å². The molecule has 0 radical (unpaired) electrons. The molecule has 0 bridgehead atoms. The summed E-state index contributed by atoms with van der Waals surface area (Å²) in [5.41, 5.74) is -0.0469. The van der Waals surface area contributed by atoms with Crippen LogP contribution in [0.3, 0.4) is 0 Å². The summed E-state index contributed by atoms with van der Waals surface area (Å²) in [7, 11) is 0. The third-order valence-corrected chi connectivity index (χ3v) is 0.913. The van der Waals surface area contributed by atoms with Gasteiger partial charge in [-0.05, 0) is 6.92 Å². The van der Waals surface area contributed by atoms with Gasteiger partial charge in [0.15, 0.2) is 5.71 Å². The Labute approximate surface area is 64.4 Å². The van der Waals surface area contributed by atoms with Gasteiger partial charge in [0, 0.05) is 0 Å². The van der Waals surface area contributed by atoms with Crippen molar-refractivity contribution in [1.82, 2.24) is 0 Å². The molecule has 0 rings (SSSR count). The molecule has 0 aromatic carbocycles. The summed E-state index contributed by atoms with van der Waals surface area (Å²) in [4.78, 5) is 10.8. The average Bonchev–Trinajstić information content (AvgIpc) is 2.00. The fourth-order valence-corrected chi connectivity index (χ4v) is 0.460. The van der Waals surface area contributed by atoms with E-state index in [2.05, 4.69) is 9.84 Å². The maximum atomic E-state index is 10.8. The number of nitrogens with two attached hydrogens (primary N) is 1. The lowest BCUT2D eigenvalue weighted by Gasteiger charge is -1.99. The van der Waals surface area contributed by atoms with Crippen LogP contribution in [0.4, 0.5) is 0 Å². The molecule has 5 nitrogen and oxygen atoms in total. The van der Waals surface area contributed by atoms with Crippen LogP contribution in [0.25, 0.3) is 0 Å². The molecule has 0 spiro atoms. The van der Waals surface area contributed by atoms with E-state index >= 15 is 0 Å². The molecule has 0 amide bonds. The molecule has 2 N–H and O–H groups in total. The second-order valence-corrected chi connectivity index (χ2v) is 1.63. The van der Waals surface area contributed by atoms with Crippen LogP contribution in [0.2, 0.25) is 0 Å². The lowest BCUT2D eigenvalue weighted by Crippen LogP contribution is -2.18. The van der Waals surface area contributed by atoms with Crippen LogP contribution in [0, 0.1) is 11.3 Å². The number of esters is 1. The molecule has 0 fully saturated rings. The Bertz CT molecular complexity index is 204. The molecule has 0 heterocycles. The second-order valence-electron chi connectivity index (χ2n) is 1.63. The van der Waals surface area contributed by atoms with Crippen molar-refractivity contribution < 1.29 is 9.53 Å². The van der Waals surface area contributed by atoms with Gasteiger partial charge in [0.25, 0.3) is 0 Å². The largest absolute Gasteiger partial charge is 0.461 e. The zero-order chi connectivity index (χ0) is 8.69. The zero-order valence-electron chi connectivity index (χ0n) is 6.20. The molecule has 0 saturated carbocycles. The van der Waals surface area contributed by atoms with Crippen LogP contribution in [-0.4, -0.2) is 18.3 Å². The summed E-state index contributed by atoms with van der Waals surface area (Å²) >= 11 is 0. The van der Waals surface area contributed by atoms with Crippen molar-refractivity contribution in [2.45, 2.75) is 13.3 Å². The predicted octanol–water partition coefficient (Wildman–Crippen LogP) is -0.222. The summed E-state index contributed by atoms with van der Waals surface area (Å²) in [5, 5.41) is 11.3. The molecule has 0 unspecified atom stereocenters. The molecule has 5 heteroatoms. The Morgan fingerprint density at radius 3 is 2.82 bits per heavy atom. The Hall–Kier alpha value is -1.57. The summed E-state index contributed by atoms with van der Waals surface area (Å²) in [6.07, 6.45) is -0.116. The Morgan fingerprint density at radius 2 is 2.45 bits per heavy atom. The number of ether oxygens (including phenoxy) is 1. The number of hydrazone groups is 1. The molecular formula is C6H9N3O2. The number of hydrogen-bond donors (Lipinski definition) is 1. The van der Waals surface area contributed by atoms with Crippen molar-refractivity contribution in [3.8, 4) is 6.07 Å². The molecule has 0 atom stereocenters. The van der Waals surface area contributed by atoms with Crippen molar-refractivity contribution in [2.24, 2.45) is 10.9 Å². The highest BCUT2D eigenvalue weighted by molar-refractivity contribution is 6.36. The normalized spacial score (nSPS) is 10.4. The van der Waals surface area contributed by atoms with E-state index in [9.17, 15) is 4.79 Å². The predicted molar refractivity (Wildman–Crippen MR) is 38.5 cm³/mol. The SMILES string of the molecule is CCOC(=O)/C(CC#N)=N\N. The number of rotatable bonds is 3. The summed E-state index contributed by atoms with van der Waals surface area (Å²) in [6.45, 7) is 1.92. The minimum absolute atomic E-state index is 0.0469. The zero-order valence-corrected chi connectivity index (χ0v) is 6.20. The molecule has 0 saturated heterocycles. The van der Waals surface area contributed by atoms with Gasteiger partial charge in [0.1, 0.15) is 0 Å². The standard InChI is InChI=1S/C6H9N3O2/c1-2-11-6(10)5(9-8)3-4-7/h2-3,8H2,1H3/b9-5-. The van der Waals surface area contributed by atoms with E-state index in [1.165, 1.54) is 0 Å². The van der Waals surface area contributed by atoms with Crippen LogP contribution < -0.4 is 5.84 Å². The number of nitrogens with zero attached hydrogens (tertiary/aromatic N) is 2. The van der Waals surface area contributed by atoms with Gasteiger partial charge in [-0.15, -0.1) is 0 Å². The Morgan fingerprint density at radius 1 is 1.82 bits per heavy atom. The van der Waals surface area contributed by atoms with Crippen molar-refractivity contribution in [3.05, 3.63) is 0 Å². The van der Waals surface area contributed by atoms with Gasteiger partial charge in [0.05, 0.1) is 19.1 Å². The third kappa shape index (κ3) is 3.20. The van der Waals surface area contributed by atoms with Gasteiger partial charge in [-0.2, -0.15) is 10.4 Å². The van der Waals surface area contributed by atoms with Gasteiger partial charge < -0.3 is 10.6 Å². The molecule has 0 aromatic rings. The first kappa shape index (κ1) is 9.43. The second kappa shape index (κ2) is 5.23. The smallest absolute Gasteiger partial charge is 0.355 e. The van der Waals surface area contributed by atoms with E-state index in [-0.39, 0.29) is 18.7 Å². The van der Waals surface area contributed by atoms with Crippen LogP contribution in [0.1, 0.15) is 13.3 Å². The average molecular weight is 155 g/mol. The van der Waals surface area contributed by atoms with Crippen LogP contribution in [0.15, 0.2) is 5.10 Å². The van der Waals surface area contributed by atoms with E-state index < -0.39 is 5.97 Å². The van der Waals surface area contributed by atoms with Crippen molar-refractivity contribution in [1.29, 1.82) is 5.26 Å². The van der Waals surface area contributed by atoms with Crippen LogP contribution in [0.5, 0.6) is 0 Å². The molecule has 0 aromatic heterocycles. The van der Waals surface area contributed by atoms with E-state index in [4.69, 9.17) is 11.1 Å². The first-order valence-corrected chi connectivity index (χ1v) is 3.07. The highest BCUT2D eigenvalue weighted by Gasteiger charge is 2.10. The summed E-state index contributed by atoms with van der Waals surface area (Å²) in [6, 6.07) is 1.75. The van der Waals surface area contributed by atoms with Crippen molar-refractivity contribution in [3.63, 3.8) is 0 Å². The van der Waals surface area contributed by atoms with E-state index in [1.807, 2.05) is 0 Å². The number of nitriles is 1. The molecule has 0 aliphatic rings. The number of carbonyl (C=O) groups excluding carboxylic acids is 1. The number of carbonyl (C=O) groups is 1. The monoisotopic (exact) mass is 155 g/mol. The summed E-state index contributed by atoms with van der Waals surface area (Å²) in [5.74, 6) is 4.20. The first-order valence-electron chi connectivity index (χ1n) is 3.07. The molecular weight excluding hydrogens is 146 g/mol. The maximum absolute atomic E-state index is 10.8. The van der Waals surface area contributed by atoms with Gasteiger partial charge in [-0.1, -0.05) is 0 Å².